The van der Waals surface area contributed by atoms with Crippen molar-refractivity contribution in [1.82, 2.24) is 10.2 Å². The minimum atomic E-state index is -1.43. The smallest absolute Gasteiger partial charge is 0.543 e. The number of aliphatic hydroxyl groups is 1. The average molecular weight is 509 g/mol. The van der Waals surface area contributed by atoms with E-state index in [-0.39, 0.29) is 58.9 Å². The van der Waals surface area contributed by atoms with Crippen LogP contribution in [-0.4, -0.2) is 77.4 Å². The first-order valence-electron chi connectivity index (χ1n) is 10.9. The zero-order chi connectivity index (χ0) is 24.4. The SMILES string of the molecule is CC(C)C(=O)OCOC(=O)NC[C@H]1OCC[C@H]1SC1=C(C(=O)[O-])N2C(=O)[C@H]([C@@H](C)O)C2[C@H]1C.[Na+]. The average Bonchev–Trinajstić information content (AvgIpc) is 3.27. The Kier molecular flexibility index (Phi) is 10.3. The molecule has 6 atom stereocenters. The van der Waals surface area contributed by atoms with Crippen molar-refractivity contribution in [1.29, 1.82) is 0 Å². The number of amides is 2. The Morgan fingerprint density at radius 2 is 1.97 bits per heavy atom. The van der Waals surface area contributed by atoms with E-state index in [0.717, 1.165) is 0 Å². The number of β-lactam (4-membered cyclic amide) rings is 1. The molecule has 2 N–H and O–H groups in total. The van der Waals surface area contributed by atoms with Crippen molar-refractivity contribution in [3.05, 3.63) is 10.6 Å². The molecule has 0 aromatic rings. The molecule has 2 fully saturated rings. The van der Waals surface area contributed by atoms with E-state index in [1.807, 2.05) is 6.92 Å². The fourth-order valence-corrected chi connectivity index (χ4v) is 5.84. The van der Waals surface area contributed by atoms with Gasteiger partial charge in [0.25, 0.3) is 0 Å². The fourth-order valence-electron chi connectivity index (χ4n) is 4.33. The molecule has 11 nitrogen and oxygen atoms in total. The maximum atomic E-state index is 12.4. The summed E-state index contributed by atoms with van der Waals surface area (Å²) >= 11 is 1.30. The molecule has 0 saturated carbocycles. The van der Waals surface area contributed by atoms with E-state index in [0.29, 0.717) is 17.9 Å². The Bertz CT molecular complexity index is 850. The van der Waals surface area contributed by atoms with Gasteiger partial charge in [0.1, 0.15) is 0 Å². The van der Waals surface area contributed by atoms with Gasteiger partial charge in [0.15, 0.2) is 0 Å². The van der Waals surface area contributed by atoms with Gasteiger partial charge in [0.2, 0.25) is 12.7 Å². The minimum absolute atomic E-state index is 0. The van der Waals surface area contributed by atoms with Crippen LogP contribution in [-0.2, 0) is 28.6 Å². The number of nitrogens with one attached hydrogen (secondary N) is 1. The maximum absolute atomic E-state index is 12.4. The van der Waals surface area contributed by atoms with E-state index in [4.69, 9.17) is 14.2 Å². The maximum Gasteiger partial charge on any atom is 1.00 e. The number of aliphatic carboxylic acids is 1. The van der Waals surface area contributed by atoms with Gasteiger partial charge in [-0.2, -0.15) is 0 Å². The third kappa shape index (κ3) is 5.90. The number of aliphatic hydroxyl groups excluding tert-OH is 1. The van der Waals surface area contributed by atoms with Crippen molar-refractivity contribution in [3.8, 4) is 0 Å². The summed E-state index contributed by atoms with van der Waals surface area (Å²) in [5.74, 6) is -3.60. The molecule has 34 heavy (non-hydrogen) atoms. The number of carboxylic acid groups (broad SMARTS) is 1. The van der Waals surface area contributed by atoms with Crippen molar-refractivity contribution >= 4 is 35.7 Å². The summed E-state index contributed by atoms with van der Waals surface area (Å²) in [6.07, 6.45) is -1.46. The zero-order valence-electron chi connectivity index (χ0n) is 19.9. The number of carboxylic acids is 1. The predicted octanol–water partition coefficient (Wildman–Crippen LogP) is -3.42. The molecule has 0 radical (unpaired) electrons. The summed E-state index contributed by atoms with van der Waals surface area (Å²) in [5.41, 5.74) is -0.149. The molecule has 0 spiro atoms. The van der Waals surface area contributed by atoms with Gasteiger partial charge in [-0.1, -0.05) is 20.8 Å². The second-order valence-electron chi connectivity index (χ2n) is 8.66. The Balaban J connectivity index is 0.00000408. The van der Waals surface area contributed by atoms with Gasteiger partial charge in [-0.05, 0) is 13.3 Å². The summed E-state index contributed by atoms with van der Waals surface area (Å²) in [4.78, 5) is 49.3. The first-order chi connectivity index (χ1) is 15.5. The van der Waals surface area contributed by atoms with E-state index < -0.39 is 54.9 Å². The molecular formula is C21H29N2NaO9S. The van der Waals surface area contributed by atoms with E-state index >= 15 is 0 Å². The van der Waals surface area contributed by atoms with Gasteiger partial charge in [-0.15, -0.1) is 11.8 Å². The largest absolute Gasteiger partial charge is 1.00 e. The molecule has 3 rings (SSSR count). The Labute approximate surface area is 224 Å². The number of hydrogen-bond donors (Lipinski definition) is 2. The number of thioether (sulfide) groups is 1. The molecule has 3 aliphatic heterocycles. The van der Waals surface area contributed by atoms with Gasteiger partial charge < -0.3 is 39.4 Å². The second-order valence-corrected chi connectivity index (χ2v) is 9.94. The summed E-state index contributed by atoms with van der Waals surface area (Å²) in [6, 6.07) is -0.421. The molecule has 13 heteroatoms. The van der Waals surface area contributed by atoms with Gasteiger partial charge in [0.05, 0.1) is 41.8 Å². The Morgan fingerprint density at radius 3 is 2.56 bits per heavy atom. The van der Waals surface area contributed by atoms with Gasteiger partial charge in [-0.3, -0.25) is 9.59 Å². The standard InChI is InChI=1S/C21H30N2O9S.Na/c1-9(2)20(28)31-8-32-21(29)22-7-12-13(5-6-30-12)33-17-10(3)15-14(11(4)24)18(25)23(15)16(17)19(26)27;/h9-15,24H,5-8H2,1-4H3,(H,22,29)(H,26,27);/q;+1/p-1/t10-,11-,12-,13-,14-,15?;/m1./s1. The second kappa shape index (κ2) is 12.1. The van der Waals surface area contributed by atoms with Gasteiger partial charge in [-0.25, -0.2) is 4.79 Å². The summed E-state index contributed by atoms with van der Waals surface area (Å²) in [5, 5.41) is 24.2. The Morgan fingerprint density at radius 1 is 1.29 bits per heavy atom. The van der Waals surface area contributed by atoms with Crippen LogP contribution in [0.3, 0.4) is 0 Å². The number of fused-ring (bicyclic) bond motifs is 1. The molecule has 2 saturated heterocycles. The van der Waals surface area contributed by atoms with Crippen molar-refractivity contribution < 1.29 is 73.2 Å². The molecule has 0 bridgehead atoms. The molecule has 3 heterocycles. The third-order valence-corrected chi connectivity index (χ3v) is 7.70. The molecule has 0 aromatic heterocycles. The van der Waals surface area contributed by atoms with Crippen LogP contribution in [0.15, 0.2) is 10.6 Å². The van der Waals surface area contributed by atoms with E-state index in [2.05, 4.69) is 5.32 Å². The van der Waals surface area contributed by atoms with E-state index in [9.17, 15) is 29.4 Å². The van der Waals surface area contributed by atoms with Crippen LogP contribution >= 0.6 is 11.8 Å². The van der Waals surface area contributed by atoms with Crippen molar-refractivity contribution in [3.63, 3.8) is 0 Å². The molecule has 2 amide bonds. The van der Waals surface area contributed by atoms with E-state index in [1.54, 1.807) is 13.8 Å². The van der Waals surface area contributed by atoms with Crippen LogP contribution in [0.25, 0.3) is 0 Å². The number of carbonyl (C=O) groups is 4. The number of nitrogens with zero attached hydrogens (tertiary/aromatic N) is 1. The van der Waals surface area contributed by atoms with Gasteiger partial charge >= 0.3 is 41.6 Å². The van der Waals surface area contributed by atoms with Crippen LogP contribution in [0.1, 0.15) is 34.1 Å². The van der Waals surface area contributed by atoms with Gasteiger partial charge in [0, 0.05) is 29.2 Å². The number of esters is 1. The first-order valence-corrected chi connectivity index (χ1v) is 11.7. The third-order valence-electron chi connectivity index (χ3n) is 6.04. The zero-order valence-corrected chi connectivity index (χ0v) is 22.8. The molecule has 184 valence electrons. The normalized spacial score (nSPS) is 28.7. The summed E-state index contributed by atoms with van der Waals surface area (Å²) < 4.78 is 15.3. The number of ether oxygens (including phenoxy) is 3. The summed E-state index contributed by atoms with van der Waals surface area (Å²) in [6.45, 7) is 6.71. The Hall–Kier alpha value is -1.31. The number of carbonyl (C=O) groups excluding carboxylic acids is 4. The van der Waals surface area contributed by atoms with Crippen molar-refractivity contribution in [2.45, 2.75) is 57.6 Å². The number of alkyl carbamates (subject to hydrolysis) is 1. The number of hydrogen-bond acceptors (Lipinski definition) is 10. The molecule has 0 aromatic carbocycles. The van der Waals surface area contributed by atoms with Crippen molar-refractivity contribution in [2.75, 3.05) is 19.9 Å². The molecule has 0 aliphatic carbocycles. The van der Waals surface area contributed by atoms with E-state index in [1.165, 1.54) is 23.6 Å². The summed E-state index contributed by atoms with van der Waals surface area (Å²) in [7, 11) is 0. The van der Waals surface area contributed by atoms with Crippen LogP contribution in [0, 0.1) is 17.8 Å². The predicted molar refractivity (Wildman–Crippen MR) is 113 cm³/mol. The topological polar surface area (TPSA) is 155 Å². The van der Waals surface area contributed by atoms with Crippen LogP contribution in [0.4, 0.5) is 4.79 Å². The van der Waals surface area contributed by atoms with Crippen LogP contribution < -0.4 is 40.0 Å². The molecular weight excluding hydrogens is 479 g/mol. The number of rotatable bonds is 9. The fraction of sp³-hybridized carbons (Fsp3) is 0.714. The van der Waals surface area contributed by atoms with Crippen LogP contribution in [0.2, 0.25) is 0 Å². The molecule has 1 unspecified atom stereocenters. The minimum Gasteiger partial charge on any atom is -0.543 e. The van der Waals surface area contributed by atoms with Crippen molar-refractivity contribution in [2.24, 2.45) is 17.8 Å². The quantitative estimate of drug-likeness (QED) is 0.139. The molecule has 3 aliphatic rings. The monoisotopic (exact) mass is 508 g/mol. The first kappa shape index (κ1) is 28.9. The van der Waals surface area contributed by atoms with Crippen LogP contribution in [0.5, 0.6) is 0 Å².